The van der Waals surface area contributed by atoms with Crippen LogP contribution >= 0.6 is 0 Å². The molecule has 0 fully saturated rings. The van der Waals surface area contributed by atoms with Crippen LogP contribution in [0.5, 0.6) is 0 Å². The van der Waals surface area contributed by atoms with Crippen LogP contribution in [0.15, 0.2) is 11.9 Å². The third-order valence-corrected chi connectivity index (χ3v) is 1.50. The van der Waals surface area contributed by atoms with Crippen LogP contribution in [0.2, 0.25) is 0 Å². The summed E-state index contributed by atoms with van der Waals surface area (Å²) >= 11 is 0. The van der Waals surface area contributed by atoms with Gasteiger partial charge >= 0.3 is 0 Å². The third kappa shape index (κ3) is 4.24. The number of nitrogens with zero attached hydrogens (tertiary/aromatic N) is 1. The average Bonchev–Trinajstić information content (AvgIpc) is 2.13. The quantitative estimate of drug-likeness (QED) is 0.429. The molecule has 0 bridgehead atoms. The summed E-state index contributed by atoms with van der Waals surface area (Å²) in [5.41, 5.74) is 5.41. The summed E-state index contributed by atoms with van der Waals surface area (Å²) in [6, 6.07) is 0. The van der Waals surface area contributed by atoms with Gasteiger partial charge < -0.3 is 20.7 Å². The van der Waals surface area contributed by atoms with Crippen molar-refractivity contribution >= 4 is 18.1 Å². The van der Waals surface area contributed by atoms with Gasteiger partial charge in [-0.05, 0) is 0 Å². The van der Waals surface area contributed by atoms with Gasteiger partial charge in [0, 0.05) is 20.0 Å². The van der Waals surface area contributed by atoms with Crippen LogP contribution in [0.1, 0.15) is 6.92 Å². The van der Waals surface area contributed by atoms with Gasteiger partial charge in [-0.1, -0.05) is 0 Å². The first kappa shape index (κ1) is 12.2. The maximum Gasteiger partial charge on any atom is 0.247 e. The lowest BCUT2D eigenvalue weighted by Gasteiger charge is -2.14. The summed E-state index contributed by atoms with van der Waals surface area (Å²) in [6.45, 7) is 1.25. The van der Waals surface area contributed by atoms with Gasteiger partial charge in [0.15, 0.2) is 0 Å². The first-order valence-electron chi connectivity index (χ1n) is 3.92. The summed E-state index contributed by atoms with van der Waals surface area (Å²) < 4.78 is 0. The molecule has 0 spiro atoms. The van der Waals surface area contributed by atoms with Gasteiger partial charge in [-0.15, -0.1) is 0 Å². The van der Waals surface area contributed by atoms with E-state index in [4.69, 9.17) is 5.73 Å². The van der Waals surface area contributed by atoms with Crippen LogP contribution in [0, 0.1) is 0 Å². The number of hydrogen-bond acceptors (Lipinski definition) is 4. The van der Waals surface area contributed by atoms with Crippen molar-refractivity contribution in [3.05, 3.63) is 11.9 Å². The Hall–Kier alpha value is -1.85. The zero-order valence-corrected chi connectivity index (χ0v) is 8.11. The monoisotopic (exact) mass is 199 g/mol. The van der Waals surface area contributed by atoms with Crippen LogP contribution in [-0.4, -0.2) is 36.6 Å². The highest BCUT2D eigenvalue weighted by molar-refractivity contribution is 5.90. The lowest BCUT2D eigenvalue weighted by molar-refractivity contribution is -0.125. The number of rotatable bonds is 4. The third-order valence-electron chi connectivity index (χ3n) is 1.50. The Kier molecular flexibility index (Phi) is 4.98. The van der Waals surface area contributed by atoms with E-state index in [1.807, 2.05) is 0 Å². The van der Waals surface area contributed by atoms with Crippen molar-refractivity contribution in [1.29, 1.82) is 0 Å². The first-order valence-corrected chi connectivity index (χ1v) is 3.92. The van der Waals surface area contributed by atoms with Crippen LogP contribution < -0.4 is 11.1 Å². The van der Waals surface area contributed by atoms with Crippen molar-refractivity contribution in [1.82, 2.24) is 10.2 Å². The smallest absolute Gasteiger partial charge is 0.247 e. The second kappa shape index (κ2) is 5.74. The van der Waals surface area contributed by atoms with Crippen LogP contribution in [0.3, 0.4) is 0 Å². The van der Waals surface area contributed by atoms with Gasteiger partial charge in [-0.25, -0.2) is 0 Å². The van der Waals surface area contributed by atoms with Crippen LogP contribution in [-0.2, 0) is 14.4 Å². The molecule has 0 aromatic rings. The predicted molar refractivity (Wildman–Crippen MR) is 49.8 cm³/mol. The van der Waals surface area contributed by atoms with E-state index >= 15 is 0 Å². The number of carbonyl (C=O) groups is 3. The van der Waals surface area contributed by atoms with Gasteiger partial charge in [-0.2, -0.15) is 0 Å². The summed E-state index contributed by atoms with van der Waals surface area (Å²) in [5.74, 6) is -0.759. The van der Waals surface area contributed by atoms with E-state index in [2.05, 4.69) is 5.32 Å². The number of carbonyl (C=O) groups excluding carboxylic acids is 3. The Morgan fingerprint density at radius 1 is 1.50 bits per heavy atom. The van der Waals surface area contributed by atoms with Crippen molar-refractivity contribution in [2.24, 2.45) is 5.73 Å². The number of nitrogens with one attached hydrogen (secondary N) is 1. The molecule has 3 N–H and O–H groups in total. The highest BCUT2D eigenvalue weighted by Crippen LogP contribution is 1.92. The Morgan fingerprint density at radius 2 is 2.07 bits per heavy atom. The Bertz CT molecular complexity index is 273. The Morgan fingerprint density at radius 3 is 2.50 bits per heavy atom. The second-order valence-corrected chi connectivity index (χ2v) is 2.56. The SMILES string of the molecule is CC(=O)N(C)/C(N)=C\C(=O)NCC=O. The van der Waals surface area contributed by atoms with Gasteiger partial charge in [0.1, 0.15) is 12.1 Å². The molecule has 0 rings (SSSR count). The zero-order valence-electron chi connectivity index (χ0n) is 8.11. The minimum Gasteiger partial charge on any atom is -0.385 e. The van der Waals surface area contributed by atoms with Gasteiger partial charge in [-0.3, -0.25) is 9.59 Å². The summed E-state index contributed by atoms with van der Waals surface area (Å²) in [6.07, 6.45) is 1.60. The number of aldehydes is 1. The number of nitrogens with two attached hydrogens (primary N) is 1. The first-order chi connectivity index (χ1) is 6.49. The zero-order chi connectivity index (χ0) is 11.1. The average molecular weight is 199 g/mol. The molecular formula is C8H13N3O3. The van der Waals surface area contributed by atoms with E-state index in [0.717, 1.165) is 11.0 Å². The predicted octanol–water partition coefficient (Wildman–Crippen LogP) is -1.42. The Balaban J connectivity index is 4.28. The van der Waals surface area contributed by atoms with E-state index in [-0.39, 0.29) is 18.3 Å². The fraction of sp³-hybridized carbons (Fsp3) is 0.375. The minimum atomic E-state index is -0.511. The maximum absolute atomic E-state index is 11.0. The molecule has 0 aliphatic rings. The second-order valence-electron chi connectivity index (χ2n) is 2.56. The standard InChI is InChI=1S/C8H13N3O3/c1-6(13)11(2)7(9)5-8(14)10-3-4-12/h4-5H,3,9H2,1-2H3,(H,10,14)/b7-5-. The largest absolute Gasteiger partial charge is 0.385 e. The number of amides is 2. The fourth-order valence-corrected chi connectivity index (χ4v) is 0.606. The molecule has 0 heterocycles. The lowest BCUT2D eigenvalue weighted by atomic mass is 10.4. The molecule has 0 aliphatic heterocycles. The molecule has 0 saturated carbocycles. The van der Waals surface area contributed by atoms with Crippen molar-refractivity contribution in [3.63, 3.8) is 0 Å². The van der Waals surface area contributed by atoms with E-state index in [9.17, 15) is 14.4 Å². The van der Waals surface area contributed by atoms with E-state index < -0.39 is 5.91 Å². The van der Waals surface area contributed by atoms with E-state index in [1.54, 1.807) is 0 Å². The molecule has 6 nitrogen and oxygen atoms in total. The highest BCUT2D eigenvalue weighted by atomic mass is 16.2. The molecule has 14 heavy (non-hydrogen) atoms. The lowest BCUT2D eigenvalue weighted by Crippen LogP contribution is -2.31. The van der Waals surface area contributed by atoms with Gasteiger partial charge in [0.2, 0.25) is 11.8 Å². The fourth-order valence-electron chi connectivity index (χ4n) is 0.606. The molecule has 0 saturated heterocycles. The molecule has 6 heteroatoms. The molecule has 2 amide bonds. The summed E-state index contributed by atoms with van der Waals surface area (Å²) in [4.78, 5) is 32.8. The van der Waals surface area contributed by atoms with Crippen molar-refractivity contribution in [3.8, 4) is 0 Å². The molecule has 0 atom stereocenters. The maximum atomic E-state index is 11.0. The van der Waals surface area contributed by atoms with E-state index in [1.165, 1.54) is 14.0 Å². The van der Waals surface area contributed by atoms with Crippen LogP contribution in [0.25, 0.3) is 0 Å². The molecule has 0 aromatic heterocycles. The molecule has 0 unspecified atom stereocenters. The van der Waals surface area contributed by atoms with Gasteiger partial charge in [0.25, 0.3) is 0 Å². The van der Waals surface area contributed by atoms with Crippen molar-refractivity contribution in [2.75, 3.05) is 13.6 Å². The minimum absolute atomic E-state index is 0.0286. The number of hydrogen-bond donors (Lipinski definition) is 2. The topological polar surface area (TPSA) is 92.5 Å². The van der Waals surface area contributed by atoms with Gasteiger partial charge in [0.05, 0.1) is 6.54 Å². The molecule has 0 aromatic carbocycles. The van der Waals surface area contributed by atoms with Crippen molar-refractivity contribution in [2.45, 2.75) is 6.92 Å². The summed E-state index contributed by atoms with van der Waals surface area (Å²) in [7, 11) is 1.45. The molecular weight excluding hydrogens is 186 g/mol. The normalized spacial score (nSPS) is 10.6. The van der Waals surface area contributed by atoms with E-state index in [0.29, 0.717) is 6.29 Å². The highest BCUT2D eigenvalue weighted by Gasteiger charge is 2.06. The Labute approximate surface area is 81.7 Å². The molecule has 0 aliphatic carbocycles. The molecule has 0 radical (unpaired) electrons. The van der Waals surface area contributed by atoms with Crippen molar-refractivity contribution < 1.29 is 14.4 Å². The molecule has 78 valence electrons. The van der Waals surface area contributed by atoms with Crippen LogP contribution in [0.4, 0.5) is 0 Å². The summed E-state index contributed by atoms with van der Waals surface area (Å²) in [5, 5.41) is 2.26.